The maximum Gasteiger partial charge on any atom is 0.261 e. The number of carbonyl (C=O) groups excluding carboxylic acids is 2. The van der Waals surface area contributed by atoms with Crippen LogP contribution in [0.2, 0.25) is 0 Å². The number of nitrogens with one attached hydrogen (secondary N) is 3. The zero-order valence-corrected chi connectivity index (χ0v) is 13.0. The van der Waals surface area contributed by atoms with E-state index in [1.165, 1.54) is 11.3 Å². The van der Waals surface area contributed by atoms with Crippen molar-refractivity contribution in [3.05, 3.63) is 22.4 Å². The van der Waals surface area contributed by atoms with E-state index in [9.17, 15) is 9.59 Å². The lowest BCUT2D eigenvalue weighted by molar-refractivity contribution is -0.123. The molecule has 0 radical (unpaired) electrons. The molecule has 0 bridgehead atoms. The van der Waals surface area contributed by atoms with Crippen molar-refractivity contribution in [2.24, 2.45) is 0 Å². The maximum absolute atomic E-state index is 12.0. The molecule has 1 unspecified atom stereocenters. The fraction of sp³-hybridized carbons (Fsp3) is 0.538. The van der Waals surface area contributed by atoms with Crippen molar-refractivity contribution in [1.29, 1.82) is 0 Å². The minimum atomic E-state index is -0.517. The minimum Gasteiger partial charge on any atom is -0.350 e. The number of piperidine rings is 1. The Kier molecular flexibility index (Phi) is 6.98. The van der Waals surface area contributed by atoms with E-state index in [1.807, 2.05) is 11.4 Å². The quantitative estimate of drug-likeness (QED) is 0.780. The molecule has 0 spiro atoms. The highest BCUT2D eigenvalue weighted by atomic mass is 35.5. The van der Waals surface area contributed by atoms with Crippen molar-refractivity contribution < 1.29 is 9.59 Å². The van der Waals surface area contributed by atoms with Gasteiger partial charge in [-0.25, -0.2) is 0 Å². The molecule has 0 aliphatic carbocycles. The first kappa shape index (κ1) is 16.9. The summed E-state index contributed by atoms with van der Waals surface area (Å²) < 4.78 is 0. The zero-order chi connectivity index (χ0) is 13.7. The SMILES string of the molecule is CC(NC(=O)c1cccs1)C(=O)N[C@H]1CCCNC1.Cl. The molecule has 2 amide bonds. The van der Waals surface area contributed by atoms with E-state index in [0.29, 0.717) is 4.88 Å². The monoisotopic (exact) mass is 317 g/mol. The number of hydrogen-bond donors (Lipinski definition) is 3. The van der Waals surface area contributed by atoms with Gasteiger partial charge in [0.25, 0.3) is 5.91 Å². The van der Waals surface area contributed by atoms with Gasteiger partial charge >= 0.3 is 0 Å². The molecule has 2 heterocycles. The van der Waals surface area contributed by atoms with E-state index in [-0.39, 0.29) is 30.3 Å². The second-order valence-electron chi connectivity index (χ2n) is 4.72. The van der Waals surface area contributed by atoms with Gasteiger partial charge in [-0.05, 0) is 37.8 Å². The molecule has 0 aromatic carbocycles. The average Bonchev–Trinajstić information content (AvgIpc) is 2.93. The fourth-order valence-electron chi connectivity index (χ4n) is 2.04. The molecule has 112 valence electrons. The van der Waals surface area contributed by atoms with Gasteiger partial charge in [-0.15, -0.1) is 23.7 Å². The average molecular weight is 318 g/mol. The summed E-state index contributed by atoms with van der Waals surface area (Å²) in [4.78, 5) is 24.4. The van der Waals surface area contributed by atoms with E-state index < -0.39 is 6.04 Å². The summed E-state index contributed by atoms with van der Waals surface area (Å²) in [6.07, 6.45) is 2.06. The van der Waals surface area contributed by atoms with Crippen molar-refractivity contribution in [1.82, 2.24) is 16.0 Å². The molecule has 0 saturated carbocycles. The maximum atomic E-state index is 12.0. The van der Waals surface area contributed by atoms with E-state index in [2.05, 4.69) is 16.0 Å². The molecule has 1 aromatic heterocycles. The number of halogens is 1. The number of amides is 2. The molecule has 1 aromatic rings. The van der Waals surface area contributed by atoms with Crippen LogP contribution in [0.15, 0.2) is 17.5 Å². The van der Waals surface area contributed by atoms with Crippen LogP contribution in [0.1, 0.15) is 29.4 Å². The fourth-order valence-corrected chi connectivity index (χ4v) is 2.67. The van der Waals surface area contributed by atoms with Crippen molar-refractivity contribution in [3.63, 3.8) is 0 Å². The smallest absolute Gasteiger partial charge is 0.261 e. The van der Waals surface area contributed by atoms with Crippen LogP contribution < -0.4 is 16.0 Å². The summed E-state index contributed by atoms with van der Waals surface area (Å²) in [5.41, 5.74) is 0. The Balaban J connectivity index is 0.00000200. The van der Waals surface area contributed by atoms with Gasteiger partial charge in [-0.1, -0.05) is 6.07 Å². The molecule has 20 heavy (non-hydrogen) atoms. The van der Waals surface area contributed by atoms with Gasteiger partial charge < -0.3 is 16.0 Å². The highest BCUT2D eigenvalue weighted by Gasteiger charge is 2.21. The molecule has 7 heteroatoms. The first-order valence-corrected chi connectivity index (χ1v) is 7.40. The van der Waals surface area contributed by atoms with E-state index in [4.69, 9.17) is 0 Å². The Morgan fingerprint density at radius 1 is 1.50 bits per heavy atom. The van der Waals surface area contributed by atoms with Crippen LogP contribution in [0.4, 0.5) is 0 Å². The molecule has 2 rings (SSSR count). The Morgan fingerprint density at radius 3 is 2.90 bits per heavy atom. The van der Waals surface area contributed by atoms with Crippen LogP contribution in [0, 0.1) is 0 Å². The molecular formula is C13H20ClN3O2S. The molecule has 1 aliphatic heterocycles. The highest BCUT2D eigenvalue weighted by molar-refractivity contribution is 7.12. The van der Waals surface area contributed by atoms with E-state index in [0.717, 1.165) is 25.9 Å². The largest absolute Gasteiger partial charge is 0.350 e. The number of rotatable bonds is 4. The van der Waals surface area contributed by atoms with Crippen molar-refractivity contribution >= 4 is 35.6 Å². The van der Waals surface area contributed by atoms with Crippen molar-refractivity contribution in [2.45, 2.75) is 31.8 Å². The molecule has 2 atom stereocenters. The Morgan fingerprint density at radius 2 is 2.30 bits per heavy atom. The third kappa shape index (κ3) is 4.77. The van der Waals surface area contributed by atoms with Gasteiger partial charge in [-0.3, -0.25) is 9.59 Å². The third-order valence-corrected chi connectivity index (χ3v) is 4.00. The lowest BCUT2D eigenvalue weighted by Crippen LogP contribution is -2.52. The molecular weight excluding hydrogens is 298 g/mol. The lowest BCUT2D eigenvalue weighted by Gasteiger charge is -2.25. The molecule has 1 aliphatic rings. The van der Waals surface area contributed by atoms with Crippen LogP contribution >= 0.6 is 23.7 Å². The van der Waals surface area contributed by atoms with Gasteiger partial charge in [0.15, 0.2) is 0 Å². The Hall–Kier alpha value is -1.11. The molecule has 3 N–H and O–H groups in total. The summed E-state index contributed by atoms with van der Waals surface area (Å²) in [6.45, 7) is 3.52. The van der Waals surface area contributed by atoms with Gasteiger partial charge in [0.1, 0.15) is 6.04 Å². The molecule has 5 nitrogen and oxygen atoms in total. The van der Waals surface area contributed by atoms with Crippen LogP contribution in [-0.4, -0.2) is 37.0 Å². The number of carbonyl (C=O) groups is 2. The van der Waals surface area contributed by atoms with Crippen LogP contribution in [0.3, 0.4) is 0 Å². The Labute approximate surface area is 128 Å². The van der Waals surface area contributed by atoms with Crippen LogP contribution in [0.5, 0.6) is 0 Å². The normalized spacial score (nSPS) is 19.6. The summed E-state index contributed by atoms with van der Waals surface area (Å²) in [6, 6.07) is 3.21. The zero-order valence-electron chi connectivity index (χ0n) is 11.3. The first-order valence-electron chi connectivity index (χ1n) is 6.52. The van der Waals surface area contributed by atoms with Gasteiger partial charge in [-0.2, -0.15) is 0 Å². The van der Waals surface area contributed by atoms with Gasteiger partial charge in [0.05, 0.1) is 4.88 Å². The highest BCUT2D eigenvalue weighted by Crippen LogP contribution is 2.08. The summed E-state index contributed by atoms with van der Waals surface area (Å²) in [7, 11) is 0. The lowest BCUT2D eigenvalue weighted by atomic mass is 10.1. The van der Waals surface area contributed by atoms with Crippen molar-refractivity contribution in [2.75, 3.05) is 13.1 Å². The topological polar surface area (TPSA) is 70.2 Å². The van der Waals surface area contributed by atoms with E-state index in [1.54, 1.807) is 13.0 Å². The number of hydrogen-bond acceptors (Lipinski definition) is 4. The second kappa shape index (κ2) is 8.24. The van der Waals surface area contributed by atoms with Crippen LogP contribution in [0.25, 0.3) is 0 Å². The van der Waals surface area contributed by atoms with Crippen LogP contribution in [-0.2, 0) is 4.79 Å². The van der Waals surface area contributed by atoms with Gasteiger partial charge in [0, 0.05) is 12.6 Å². The number of thiophene rings is 1. The predicted molar refractivity (Wildman–Crippen MR) is 82.5 cm³/mol. The summed E-state index contributed by atoms with van der Waals surface area (Å²) in [5, 5.41) is 10.7. The van der Waals surface area contributed by atoms with E-state index >= 15 is 0 Å². The minimum absolute atomic E-state index is 0. The predicted octanol–water partition coefficient (Wildman–Crippen LogP) is 1.16. The standard InChI is InChI=1S/C13H19N3O2S.ClH/c1-9(15-13(18)11-5-3-7-19-11)12(17)16-10-4-2-6-14-8-10;/h3,5,7,9-10,14H,2,4,6,8H2,1H3,(H,15,18)(H,16,17);1H/t9?,10-;/m0./s1. The van der Waals surface area contributed by atoms with Crippen molar-refractivity contribution in [3.8, 4) is 0 Å². The first-order chi connectivity index (χ1) is 9.16. The van der Waals surface area contributed by atoms with Gasteiger partial charge in [0.2, 0.25) is 5.91 Å². The Bertz CT molecular complexity index is 433. The third-order valence-electron chi connectivity index (χ3n) is 3.13. The summed E-state index contributed by atoms with van der Waals surface area (Å²) >= 11 is 1.37. The second-order valence-corrected chi connectivity index (χ2v) is 5.67. The summed E-state index contributed by atoms with van der Waals surface area (Å²) in [5.74, 6) is -0.321. The molecule has 1 saturated heterocycles. The molecule has 1 fully saturated rings.